The third kappa shape index (κ3) is 2.63. The van der Waals surface area contributed by atoms with Gasteiger partial charge in [0.05, 0.1) is 6.10 Å². The predicted molar refractivity (Wildman–Crippen MR) is 70.0 cm³/mol. The van der Waals surface area contributed by atoms with Crippen molar-refractivity contribution in [3.8, 4) is 0 Å². The normalized spacial score (nSPS) is 22.2. The lowest BCUT2D eigenvalue weighted by atomic mass is 9.99. The van der Waals surface area contributed by atoms with Crippen molar-refractivity contribution in [3.63, 3.8) is 0 Å². The van der Waals surface area contributed by atoms with Crippen LogP contribution in [-0.4, -0.2) is 20.2 Å². The smallest absolute Gasteiger partial charge is 0.193 e. The Bertz CT molecular complexity index is 303. The number of hydrogen-bond donors (Lipinski definition) is 0. The molecule has 0 heterocycles. The van der Waals surface area contributed by atoms with E-state index in [1.807, 2.05) is 6.08 Å². The Hall–Kier alpha value is -0.413. The minimum absolute atomic E-state index is 0.0205. The van der Waals surface area contributed by atoms with E-state index in [0.717, 1.165) is 0 Å². The van der Waals surface area contributed by atoms with Gasteiger partial charge in [0.15, 0.2) is 14.1 Å². The van der Waals surface area contributed by atoms with E-state index in [-0.39, 0.29) is 16.9 Å². The Morgan fingerprint density at radius 3 is 2.38 bits per heavy atom. The van der Waals surface area contributed by atoms with E-state index in [9.17, 15) is 4.79 Å². The van der Waals surface area contributed by atoms with Gasteiger partial charge in [0.25, 0.3) is 0 Å². The van der Waals surface area contributed by atoms with Crippen molar-refractivity contribution in [3.05, 3.63) is 12.2 Å². The number of hydrogen-bond acceptors (Lipinski definition) is 2. The first kappa shape index (κ1) is 13.7. The van der Waals surface area contributed by atoms with Crippen LogP contribution < -0.4 is 0 Å². The summed E-state index contributed by atoms with van der Waals surface area (Å²) in [4.78, 5) is 11.2. The van der Waals surface area contributed by atoms with Crippen LogP contribution in [0.3, 0.4) is 0 Å². The van der Waals surface area contributed by atoms with Gasteiger partial charge in [-0.1, -0.05) is 33.8 Å². The van der Waals surface area contributed by atoms with Crippen molar-refractivity contribution in [1.82, 2.24) is 0 Å². The van der Waals surface area contributed by atoms with Crippen LogP contribution in [0.15, 0.2) is 12.2 Å². The van der Waals surface area contributed by atoms with Crippen molar-refractivity contribution in [1.29, 1.82) is 0 Å². The van der Waals surface area contributed by atoms with E-state index >= 15 is 0 Å². The third-order valence-corrected chi connectivity index (χ3v) is 8.91. The van der Waals surface area contributed by atoms with E-state index in [4.69, 9.17) is 4.43 Å². The minimum Gasteiger partial charge on any atom is -0.410 e. The van der Waals surface area contributed by atoms with Crippen molar-refractivity contribution in [2.75, 3.05) is 0 Å². The van der Waals surface area contributed by atoms with Crippen LogP contribution in [0.5, 0.6) is 0 Å². The molecule has 92 valence electrons. The van der Waals surface area contributed by atoms with E-state index in [2.05, 4.69) is 40.8 Å². The Morgan fingerprint density at radius 2 is 2.00 bits per heavy atom. The van der Waals surface area contributed by atoms with Crippen LogP contribution in [0, 0.1) is 5.92 Å². The summed E-state index contributed by atoms with van der Waals surface area (Å²) >= 11 is 0. The average Bonchev–Trinajstić information content (AvgIpc) is 2.49. The lowest BCUT2D eigenvalue weighted by Crippen LogP contribution is -2.47. The van der Waals surface area contributed by atoms with Crippen molar-refractivity contribution in [2.24, 2.45) is 5.92 Å². The lowest BCUT2D eigenvalue weighted by Gasteiger charge is -2.43. The second-order valence-electron chi connectivity index (χ2n) is 6.07. The molecule has 1 aliphatic rings. The Kier molecular flexibility index (Phi) is 3.80. The highest BCUT2D eigenvalue weighted by molar-refractivity contribution is 6.74. The van der Waals surface area contributed by atoms with Crippen LogP contribution in [0.25, 0.3) is 0 Å². The highest BCUT2D eigenvalue weighted by Gasteiger charge is 2.44. The largest absolute Gasteiger partial charge is 0.410 e. The van der Waals surface area contributed by atoms with Gasteiger partial charge in [0.2, 0.25) is 0 Å². The topological polar surface area (TPSA) is 26.3 Å². The molecule has 0 aromatic heterocycles. The van der Waals surface area contributed by atoms with Crippen molar-refractivity contribution < 1.29 is 9.22 Å². The highest BCUT2D eigenvalue weighted by Crippen LogP contribution is 2.45. The maximum Gasteiger partial charge on any atom is 0.193 e. The standard InChI is InChI=1S/C13H24O2Si/c1-10(2)13(3,4)16(5,6)15-12-8-7-11(14)9-12/h7-8,10,12H,9H2,1-6H3/t12-/m1/s1. The van der Waals surface area contributed by atoms with Gasteiger partial charge in [-0.3, -0.25) is 4.79 Å². The summed E-state index contributed by atoms with van der Waals surface area (Å²) in [6.07, 6.45) is 4.11. The van der Waals surface area contributed by atoms with Gasteiger partial charge < -0.3 is 4.43 Å². The highest BCUT2D eigenvalue weighted by atomic mass is 28.4. The predicted octanol–water partition coefficient (Wildman–Crippen LogP) is 3.54. The van der Waals surface area contributed by atoms with Crippen molar-refractivity contribution >= 4 is 14.1 Å². The number of allylic oxidation sites excluding steroid dienone is 1. The first-order valence-corrected chi connectivity index (χ1v) is 8.96. The van der Waals surface area contributed by atoms with Crippen LogP contribution >= 0.6 is 0 Å². The maximum atomic E-state index is 11.2. The molecular formula is C13H24O2Si. The third-order valence-electron chi connectivity index (χ3n) is 4.34. The molecule has 1 aliphatic carbocycles. The van der Waals surface area contributed by atoms with Gasteiger partial charge in [0, 0.05) is 6.42 Å². The summed E-state index contributed by atoms with van der Waals surface area (Å²) < 4.78 is 6.23. The molecular weight excluding hydrogens is 216 g/mol. The summed E-state index contributed by atoms with van der Waals surface area (Å²) in [6, 6.07) is 0. The fourth-order valence-corrected chi connectivity index (χ4v) is 4.47. The zero-order valence-electron chi connectivity index (χ0n) is 11.3. The molecule has 0 bridgehead atoms. The second kappa shape index (κ2) is 4.45. The SMILES string of the molecule is CC(C)C(C)(C)[Si](C)(C)O[C@@H]1C=CC(=O)C1. The number of rotatable bonds is 4. The molecule has 0 N–H and O–H groups in total. The molecule has 0 fully saturated rings. The van der Waals surface area contributed by atoms with Gasteiger partial charge >= 0.3 is 0 Å². The van der Waals surface area contributed by atoms with E-state index < -0.39 is 8.32 Å². The summed E-state index contributed by atoms with van der Waals surface area (Å²) in [5.74, 6) is 0.785. The number of carbonyl (C=O) groups excluding carboxylic acids is 1. The number of carbonyl (C=O) groups is 1. The molecule has 0 saturated heterocycles. The van der Waals surface area contributed by atoms with Crippen LogP contribution in [-0.2, 0) is 9.22 Å². The molecule has 16 heavy (non-hydrogen) atoms. The van der Waals surface area contributed by atoms with Gasteiger partial charge in [0.1, 0.15) is 0 Å². The van der Waals surface area contributed by atoms with E-state index in [1.165, 1.54) is 0 Å². The molecule has 0 aromatic carbocycles. The molecule has 3 heteroatoms. The first-order valence-electron chi connectivity index (χ1n) is 6.05. The molecule has 0 unspecified atom stereocenters. The molecule has 0 amide bonds. The van der Waals surface area contributed by atoms with Gasteiger partial charge in [-0.05, 0) is 30.1 Å². The van der Waals surface area contributed by atoms with Crippen LogP contribution in [0.2, 0.25) is 18.1 Å². The van der Waals surface area contributed by atoms with E-state index in [0.29, 0.717) is 12.3 Å². The summed E-state index contributed by atoms with van der Waals surface area (Å²) in [5, 5.41) is 0.215. The molecule has 0 radical (unpaired) electrons. The van der Waals surface area contributed by atoms with E-state index in [1.54, 1.807) is 6.08 Å². The summed E-state index contributed by atoms with van der Waals surface area (Å²) in [7, 11) is -1.79. The molecule has 2 nitrogen and oxygen atoms in total. The Balaban J connectivity index is 2.71. The first-order chi connectivity index (χ1) is 7.17. The molecule has 0 aliphatic heterocycles. The quantitative estimate of drug-likeness (QED) is 0.703. The van der Waals surface area contributed by atoms with Crippen LogP contribution in [0.4, 0.5) is 0 Å². The molecule has 1 rings (SSSR count). The number of ketones is 1. The zero-order chi connectivity index (χ0) is 12.6. The van der Waals surface area contributed by atoms with Gasteiger partial charge in [-0.15, -0.1) is 0 Å². The second-order valence-corrected chi connectivity index (χ2v) is 10.6. The van der Waals surface area contributed by atoms with Gasteiger partial charge in [-0.25, -0.2) is 0 Å². The molecule has 1 atom stereocenters. The summed E-state index contributed by atoms with van der Waals surface area (Å²) in [6.45, 7) is 13.6. The molecule has 0 saturated carbocycles. The lowest BCUT2D eigenvalue weighted by molar-refractivity contribution is -0.114. The fourth-order valence-electron chi connectivity index (χ4n) is 1.86. The minimum atomic E-state index is -1.79. The van der Waals surface area contributed by atoms with Crippen molar-refractivity contribution in [2.45, 2.75) is 58.4 Å². The molecule has 0 spiro atoms. The molecule has 0 aromatic rings. The zero-order valence-corrected chi connectivity index (χ0v) is 12.3. The fraction of sp³-hybridized carbons (Fsp3) is 0.769. The average molecular weight is 240 g/mol. The summed E-state index contributed by atoms with van der Waals surface area (Å²) in [5.41, 5.74) is 0. The maximum absolute atomic E-state index is 11.2. The Labute approximate surface area is 100 Å². The van der Waals surface area contributed by atoms with Crippen LogP contribution in [0.1, 0.15) is 34.1 Å². The van der Waals surface area contributed by atoms with Gasteiger partial charge in [-0.2, -0.15) is 0 Å². The Morgan fingerprint density at radius 1 is 1.44 bits per heavy atom. The monoisotopic (exact) mass is 240 g/mol.